The molecule has 0 heterocycles. The minimum absolute atomic E-state index is 0.145. The van der Waals surface area contributed by atoms with Crippen LogP contribution in [-0.4, -0.2) is 17.2 Å². The summed E-state index contributed by atoms with van der Waals surface area (Å²) in [6, 6.07) is 0. The summed E-state index contributed by atoms with van der Waals surface area (Å²) in [5.74, 6) is -1.34. The van der Waals surface area contributed by atoms with Crippen molar-refractivity contribution in [2.45, 2.75) is 32.4 Å². The molecular formula is C6H11FO2. The number of carboxylic acid groups (broad SMARTS) is 1. The lowest BCUT2D eigenvalue weighted by molar-refractivity contribution is -0.143. The van der Waals surface area contributed by atoms with Crippen molar-refractivity contribution < 1.29 is 14.3 Å². The van der Waals surface area contributed by atoms with E-state index in [2.05, 4.69) is 0 Å². The van der Waals surface area contributed by atoms with E-state index in [1.54, 1.807) is 0 Å². The lowest BCUT2D eigenvalue weighted by Gasteiger charge is -1.98. The van der Waals surface area contributed by atoms with Crippen LogP contribution in [0.25, 0.3) is 0 Å². The second-order valence-electron chi connectivity index (χ2n) is 1.95. The molecule has 0 aromatic carbocycles. The van der Waals surface area contributed by atoms with E-state index in [1.165, 1.54) is 0 Å². The maximum atomic E-state index is 12.1. The van der Waals surface area contributed by atoms with Gasteiger partial charge in [0.1, 0.15) is 0 Å². The van der Waals surface area contributed by atoms with Gasteiger partial charge in [0, 0.05) is 0 Å². The topological polar surface area (TPSA) is 37.3 Å². The van der Waals surface area contributed by atoms with Crippen LogP contribution in [0.2, 0.25) is 0 Å². The van der Waals surface area contributed by atoms with E-state index in [0.29, 0.717) is 6.42 Å². The molecule has 1 atom stereocenters. The predicted octanol–water partition coefficient (Wildman–Crippen LogP) is 1.60. The molecule has 0 aliphatic heterocycles. The number of carbonyl (C=O) groups is 1. The van der Waals surface area contributed by atoms with E-state index in [1.807, 2.05) is 6.92 Å². The normalized spacial score (nSPS) is 13.1. The Balaban J connectivity index is 3.27. The second-order valence-corrected chi connectivity index (χ2v) is 1.95. The summed E-state index contributed by atoms with van der Waals surface area (Å²) in [5, 5.41) is 8.03. The molecule has 3 heteroatoms. The van der Waals surface area contributed by atoms with E-state index >= 15 is 0 Å². The molecule has 0 amide bonds. The summed E-state index contributed by atoms with van der Waals surface area (Å²) < 4.78 is 12.1. The van der Waals surface area contributed by atoms with Gasteiger partial charge in [-0.25, -0.2) is 9.18 Å². The second kappa shape index (κ2) is 4.30. The van der Waals surface area contributed by atoms with E-state index in [4.69, 9.17) is 5.11 Å². The van der Waals surface area contributed by atoms with Crippen LogP contribution in [0.5, 0.6) is 0 Å². The third-order valence-electron chi connectivity index (χ3n) is 1.08. The van der Waals surface area contributed by atoms with E-state index in [0.717, 1.165) is 6.42 Å². The van der Waals surface area contributed by atoms with Gasteiger partial charge in [-0.1, -0.05) is 19.8 Å². The van der Waals surface area contributed by atoms with Crippen molar-refractivity contribution in [1.82, 2.24) is 0 Å². The summed E-state index contributed by atoms with van der Waals surface area (Å²) in [4.78, 5) is 9.83. The van der Waals surface area contributed by atoms with Crippen molar-refractivity contribution in [3.63, 3.8) is 0 Å². The van der Waals surface area contributed by atoms with E-state index in [9.17, 15) is 9.18 Å². The molecule has 0 rings (SSSR count). The molecule has 0 aromatic rings. The number of alkyl halides is 1. The van der Waals surface area contributed by atoms with Gasteiger partial charge < -0.3 is 5.11 Å². The van der Waals surface area contributed by atoms with Crippen molar-refractivity contribution in [2.24, 2.45) is 0 Å². The molecule has 9 heavy (non-hydrogen) atoms. The minimum Gasteiger partial charge on any atom is -0.479 e. The van der Waals surface area contributed by atoms with Crippen LogP contribution < -0.4 is 0 Å². The number of rotatable bonds is 4. The molecule has 0 bridgehead atoms. The van der Waals surface area contributed by atoms with Crippen molar-refractivity contribution in [3.8, 4) is 0 Å². The fraction of sp³-hybridized carbons (Fsp3) is 0.833. The van der Waals surface area contributed by atoms with Gasteiger partial charge >= 0.3 is 5.97 Å². The fourth-order valence-corrected chi connectivity index (χ4v) is 0.507. The first-order chi connectivity index (χ1) is 4.18. The van der Waals surface area contributed by atoms with Crippen LogP contribution in [0, 0.1) is 0 Å². The first-order valence-electron chi connectivity index (χ1n) is 3.05. The van der Waals surface area contributed by atoms with Crippen LogP contribution in [0.3, 0.4) is 0 Å². The highest BCUT2D eigenvalue weighted by Gasteiger charge is 2.13. The SMILES string of the molecule is CCCC[C@H](F)C(=O)O. The highest BCUT2D eigenvalue weighted by Crippen LogP contribution is 2.03. The molecule has 2 nitrogen and oxygen atoms in total. The third kappa shape index (κ3) is 3.94. The van der Waals surface area contributed by atoms with Crippen LogP contribution in [0.15, 0.2) is 0 Å². The van der Waals surface area contributed by atoms with Crippen molar-refractivity contribution >= 4 is 5.97 Å². The number of aliphatic carboxylic acids is 1. The summed E-state index contributed by atoms with van der Waals surface area (Å²) in [5.41, 5.74) is 0. The van der Waals surface area contributed by atoms with Gasteiger partial charge in [-0.15, -0.1) is 0 Å². The Kier molecular flexibility index (Phi) is 4.01. The summed E-state index contributed by atoms with van der Waals surface area (Å²) in [6.45, 7) is 1.90. The van der Waals surface area contributed by atoms with Gasteiger partial charge in [-0.05, 0) is 6.42 Å². The zero-order valence-corrected chi connectivity index (χ0v) is 5.43. The molecule has 0 radical (unpaired) electrons. The first-order valence-corrected chi connectivity index (χ1v) is 3.05. The van der Waals surface area contributed by atoms with Gasteiger partial charge in [0.15, 0.2) is 6.17 Å². The average Bonchev–Trinajstić information content (AvgIpc) is 1.82. The third-order valence-corrected chi connectivity index (χ3v) is 1.08. The van der Waals surface area contributed by atoms with Crippen LogP contribution in [0.4, 0.5) is 4.39 Å². The molecule has 1 N–H and O–H groups in total. The van der Waals surface area contributed by atoms with E-state index < -0.39 is 12.1 Å². The molecule has 0 aliphatic rings. The van der Waals surface area contributed by atoms with Gasteiger partial charge in [-0.2, -0.15) is 0 Å². The van der Waals surface area contributed by atoms with Gasteiger partial charge in [0.25, 0.3) is 0 Å². The number of carboxylic acids is 1. The Labute approximate surface area is 53.7 Å². The Hall–Kier alpha value is -0.600. The standard InChI is InChI=1S/C6H11FO2/c1-2-3-4-5(7)6(8)9/h5H,2-4H2,1H3,(H,8,9)/t5-/m0/s1. The molecule has 0 saturated heterocycles. The smallest absolute Gasteiger partial charge is 0.338 e. The molecule has 54 valence electrons. The monoisotopic (exact) mass is 134 g/mol. The number of unbranched alkanes of at least 4 members (excludes halogenated alkanes) is 1. The summed E-state index contributed by atoms with van der Waals surface area (Å²) in [6.07, 6.45) is -0.0301. The number of hydrogen-bond acceptors (Lipinski definition) is 1. The molecule has 0 spiro atoms. The Morgan fingerprint density at radius 1 is 1.78 bits per heavy atom. The van der Waals surface area contributed by atoms with Crippen LogP contribution in [0.1, 0.15) is 26.2 Å². The average molecular weight is 134 g/mol. The minimum atomic E-state index is -1.66. The molecule has 0 aromatic heterocycles. The van der Waals surface area contributed by atoms with Crippen molar-refractivity contribution in [3.05, 3.63) is 0 Å². The Bertz CT molecular complexity index is 93.1. The lowest BCUT2D eigenvalue weighted by atomic mass is 10.2. The van der Waals surface area contributed by atoms with Crippen molar-refractivity contribution in [2.75, 3.05) is 0 Å². The van der Waals surface area contributed by atoms with Crippen molar-refractivity contribution in [1.29, 1.82) is 0 Å². The Morgan fingerprint density at radius 3 is 2.67 bits per heavy atom. The molecule has 0 unspecified atom stereocenters. The lowest BCUT2D eigenvalue weighted by Crippen LogP contribution is -2.13. The predicted molar refractivity (Wildman–Crippen MR) is 32.1 cm³/mol. The number of hydrogen-bond donors (Lipinski definition) is 1. The number of halogens is 1. The molecular weight excluding hydrogens is 123 g/mol. The van der Waals surface area contributed by atoms with Gasteiger partial charge in [0.2, 0.25) is 0 Å². The Morgan fingerprint density at radius 2 is 2.33 bits per heavy atom. The zero-order valence-electron chi connectivity index (χ0n) is 5.43. The highest BCUT2D eigenvalue weighted by molar-refractivity contribution is 5.71. The van der Waals surface area contributed by atoms with E-state index in [-0.39, 0.29) is 6.42 Å². The van der Waals surface area contributed by atoms with Crippen LogP contribution >= 0.6 is 0 Å². The van der Waals surface area contributed by atoms with Gasteiger partial charge in [0.05, 0.1) is 0 Å². The maximum Gasteiger partial charge on any atom is 0.338 e. The fourth-order valence-electron chi connectivity index (χ4n) is 0.507. The quantitative estimate of drug-likeness (QED) is 0.634. The zero-order chi connectivity index (χ0) is 7.28. The molecule has 0 aliphatic carbocycles. The molecule has 0 saturated carbocycles. The van der Waals surface area contributed by atoms with Crippen LogP contribution in [-0.2, 0) is 4.79 Å². The first kappa shape index (κ1) is 8.40. The molecule has 0 fully saturated rings. The summed E-state index contributed by atoms with van der Waals surface area (Å²) >= 11 is 0. The van der Waals surface area contributed by atoms with Gasteiger partial charge in [-0.3, -0.25) is 0 Å². The maximum absolute atomic E-state index is 12.1. The highest BCUT2D eigenvalue weighted by atomic mass is 19.1. The summed E-state index contributed by atoms with van der Waals surface area (Å²) in [7, 11) is 0. The largest absolute Gasteiger partial charge is 0.479 e.